The number of ether oxygens (including phenoxy) is 2. The van der Waals surface area contributed by atoms with E-state index < -0.39 is 0 Å². The lowest BCUT2D eigenvalue weighted by Crippen LogP contribution is -2.29. The zero-order valence-corrected chi connectivity index (χ0v) is 15.3. The molecule has 1 aromatic carbocycles. The Morgan fingerprint density at radius 2 is 1.85 bits per heavy atom. The van der Waals surface area contributed by atoms with E-state index in [0.717, 1.165) is 31.5 Å². The number of hydrogen-bond acceptors (Lipinski definition) is 4. The topological polar surface area (TPSA) is 50.8 Å². The van der Waals surface area contributed by atoms with Gasteiger partial charge in [0, 0.05) is 24.3 Å². The highest BCUT2D eigenvalue weighted by Crippen LogP contribution is 2.25. The number of benzene rings is 1. The van der Waals surface area contributed by atoms with E-state index in [1.54, 1.807) is 6.26 Å². The average Bonchev–Trinajstić information content (AvgIpc) is 2.75. The quantitative estimate of drug-likeness (QED) is 0.862. The predicted octanol–water partition coefficient (Wildman–Crippen LogP) is 4.37. The standard InChI is InChI=1S/C22H24N2O3/c25-22(18-9-11-19(12-10-18)24-13-5-2-6-14-24)23-21-16-26-15-20(27-21)17-7-3-1-4-8-17/h1,3,7,9-12,15-16H,2,4-6,8,13-14H2,(H,23,25). The van der Waals surface area contributed by atoms with E-state index >= 15 is 0 Å². The summed E-state index contributed by atoms with van der Waals surface area (Å²) in [5, 5.41) is 2.78. The number of hydrogen-bond donors (Lipinski definition) is 1. The van der Waals surface area contributed by atoms with Gasteiger partial charge in [-0.3, -0.25) is 10.1 Å². The maximum Gasteiger partial charge on any atom is 0.258 e. The van der Waals surface area contributed by atoms with Crippen LogP contribution >= 0.6 is 0 Å². The van der Waals surface area contributed by atoms with Crippen LogP contribution in [0.4, 0.5) is 5.69 Å². The summed E-state index contributed by atoms with van der Waals surface area (Å²) in [6, 6.07) is 7.73. The van der Waals surface area contributed by atoms with Gasteiger partial charge in [0.15, 0.2) is 12.0 Å². The molecule has 1 amide bonds. The molecule has 1 saturated heterocycles. The molecule has 1 N–H and O–H groups in total. The van der Waals surface area contributed by atoms with Crippen molar-refractivity contribution in [3.8, 4) is 0 Å². The molecule has 5 heteroatoms. The van der Waals surface area contributed by atoms with Gasteiger partial charge in [0.25, 0.3) is 5.91 Å². The van der Waals surface area contributed by atoms with Crippen LogP contribution in [0.5, 0.6) is 0 Å². The van der Waals surface area contributed by atoms with Crippen molar-refractivity contribution in [1.82, 2.24) is 5.32 Å². The monoisotopic (exact) mass is 364 g/mol. The third-order valence-electron chi connectivity index (χ3n) is 4.99. The molecule has 0 unspecified atom stereocenters. The van der Waals surface area contributed by atoms with Crippen molar-refractivity contribution in [2.24, 2.45) is 0 Å². The van der Waals surface area contributed by atoms with Crippen molar-refractivity contribution in [2.75, 3.05) is 18.0 Å². The maximum atomic E-state index is 12.5. The summed E-state index contributed by atoms with van der Waals surface area (Å²) in [5.41, 5.74) is 2.82. The molecule has 0 spiro atoms. The fourth-order valence-corrected chi connectivity index (χ4v) is 3.49. The lowest BCUT2D eigenvalue weighted by molar-refractivity contribution is 0.0925. The smallest absolute Gasteiger partial charge is 0.258 e. The number of nitrogens with zero attached hydrogens (tertiary/aromatic N) is 1. The predicted molar refractivity (Wildman–Crippen MR) is 105 cm³/mol. The highest BCUT2D eigenvalue weighted by molar-refractivity contribution is 5.95. The lowest BCUT2D eigenvalue weighted by atomic mass is 10.0. The van der Waals surface area contributed by atoms with Crippen LogP contribution in [-0.2, 0) is 9.47 Å². The second-order valence-electron chi connectivity index (χ2n) is 6.91. The number of carbonyl (C=O) groups excluding carboxylic acids is 1. The summed E-state index contributed by atoms with van der Waals surface area (Å²) < 4.78 is 11.1. The number of piperidine rings is 1. The molecule has 0 aromatic heterocycles. The average molecular weight is 364 g/mol. The summed E-state index contributed by atoms with van der Waals surface area (Å²) in [5.74, 6) is 0.722. The molecule has 2 aliphatic heterocycles. The Bertz CT molecular complexity index is 812. The Hall–Kier alpha value is -2.95. The normalized spacial score (nSPS) is 19.3. The van der Waals surface area contributed by atoms with Gasteiger partial charge in [0.05, 0.1) is 0 Å². The SMILES string of the molecule is O=C(NC1=COC=C(C2=CC=CCC2)O1)c1ccc(N2CCCCC2)cc1. The molecule has 0 bridgehead atoms. The van der Waals surface area contributed by atoms with E-state index in [1.807, 2.05) is 36.4 Å². The van der Waals surface area contributed by atoms with Crippen LogP contribution in [-0.4, -0.2) is 19.0 Å². The summed E-state index contributed by atoms with van der Waals surface area (Å²) >= 11 is 0. The van der Waals surface area contributed by atoms with Gasteiger partial charge in [-0.2, -0.15) is 0 Å². The van der Waals surface area contributed by atoms with E-state index in [2.05, 4.69) is 16.3 Å². The van der Waals surface area contributed by atoms with Gasteiger partial charge in [-0.1, -0.05) is 18.2 Å². The lowest BCUT2D eigenvalue weighted by Gasteiger charge is -2.28. The molecule has 1 aliphatic carbocycles. The number of rotatable bonds is 4. The number of nitrogens with one attached hydrogen (secondary N) is 1. The first-order chi connectivity index (χ1) is 13.3. The molecule has 27 heavy (non-hydrogen) atoms. The number of anilines is 1. The molecule has 0 atom stereocenters. The van der Waals surface area contributed by atoms with Gasteiger partial charge in [-0.25, -0.2) is 0 Å². The third kappa shape index (κ3) is 4.25. The minimum atomic E-state index is -0.214. The minimum absolute atomic E-state index is 0.214. The van der Waals surface area contributed by atoms with Crippen molar-refractivity contribution in [2.45, 2.75) is 32.1 Å². The van der Waals surface area contributed by atoms with E-state index in [4.69, 9.17) is 9.47 Å². The fraction of sp³-hybridized carbons (Fsp3) is 0.318. The van der Waals surface area contributed by atoms with E-state index in [0.29, 0.717) is 17.2 Å². The highest BCUT2D eigenvalue weighted by Gasteiger charge is 2.18. The van der Waals surface area contributed by atoms with Gasteiger partial charge in [0.2, 0.25) is 5.88 Å². The van der Waals surface area contributed by atoms with Crippen molar-refractivity contribution >= 4 is 11.6 Å². The van der Waals surface area contributed by atoms with Crippen LogP contribution in [0.3, 0.4) is 0 Å². The van der Waals surface area contributed by atoms with Crippen LogP contribution in [0.2, 0.25) is 0 Å². The largest absolute Gasteiger partial charge is 0.463 e. The van der Waals surface area contributed by atoms with E-state index in [-0.39, 0.29) is 5.91 Å². The van der Waals surface area contributed by atoms with E-state index in [1.165, 1.54) is 31.2 Å². The third-order valence-corrected chi connectivity index (χ3v) is 4.99. The summed E-state index contributed by atoms with van der Waals surface area (Å²) in [7, 11) is 0. The zero-order chi connectivity index (χ0) is 18.5. The van der Waals surface area contributed by atoms with Crippen LogP contribution in [0.25, 0.3) is 0 Å². The first-order valence-corrected chi connectivity index (χ1v) is 9.56. The molecule has 1 fully saturated rings. The number of amides is 1. The van der Waals surface area contributed by atoms with Gasteiger partial charge in [0.1, 0.15) is 6.26 Å². The van der Waals surface area contributed by atoms with Crippen LogP contribution in [0.1, 0.15) is 42.5 Å². The molecular formula is C22H24N2O3. The van der Waals surface area contributed by atoms with Gasteiger partial charge < -0.3 is 14.4 Å². The van der Waals surface area contributed by atoms with E-state index in [9.17, 15) is 4.79 Å². The molecule has 4 rings (SSSR count). The molecule has 2 heterocycles. The zero-order valence-electron chi connectivity index (χ0n) is 15.3. The number of carbonyl (C=O) groups is 1. The van der Waals surface area contributed by atoms with Crippen molar-refractivity contribution in [3.63, 3.8) is 0 Å². The van der Waals surface area contributed by atoms with Crippen LogP contribution in [0, 0.1) is 0 Å². The Morgan fingerprint density at radius 1 is 1.04 bits per heavy atom. The summed E-state index contributed by atoms with van der Waals surface area (Å²) in [4.78, 5) is 14.9. The van der Waals surface area contributed by atoms with Crippen molar-refractivity contribution in [3.05, 3.63) is 77.8 Å². The molecule has 3 aliphatic rings. The Kier molecular flexibility index (Phi) is 5.28. The maximum absolute atomic E-state index is 12.5. The molecule has 140 valence electrons. The fourth-order valence-electron chi connectivity index (χ4n) is 3.49. The molecule has 0 saturated carbocycles. The Balaban J connectivity index is 1.36. The van der Waals surface area contributed by atoms with Crippen LogP contribution in [0.15, 0.2) is 72.2 Å². The van der Waals surface area contributed by atoms with Gasteiger partial charge in [-0.15, -0.1) is 0 Å². The Labute approximate surface area is 159 Å². The minimum Gasteiger partial charge on any atom is -0.463 e. The summed E-state index contributed by atoms with van der Waals surface area (Å²) in [6.07, 6.45) is 14.7. The highest BCUT2D eigenvalue weighted by atomic mass is 16.6. The number of allylic oxidation sites excluding steroid dienone is 4. The second kappa shape index (κ2) is 8.16. The Morgan fingerprint density at radius 3 is 2.59 bits per heavy atom. The second-order valence-corrected chi connectivity index (χ2v) is 6.91. The van der Waals surface area contributed by atoms with Crippen molar-refractivity contribution < 1.29 is 14.3 Å². The molecular weight excluding hydrogens is 340 g/mol. The van der Waals surface area contributed by atoms with Gasteiger partial charge >= 0.3 is 0 Å². The molecule has 1 aromatic rings. The molecule has 0 radical (unpaired) electrons. The summed E-state index contributed by atoms with van der Waals surface area (Å²) in [6.45, 7) is 2.17. The van der Waals surface area contributed by atoms with Crippen molar-refractivity contribution in [1.29, 1.82) is 0 Å². The first-order valence-electron chi connectivity index (χ1n) is 9.56. The van der Waals surface area contributed by atoms with Gasteiger partial charge in [-0.05, 0) is 61.9 Å². The van der Waals surface area contributed by atoms with Crippen LogP contribution < -0.4 is 10.2 Å². The molecule has 5 nitrogen and oxygen atoms in total. The first kappa shape index (κ1) is 17.5.